The van der Waals surface area contributed by atoms with Crippen LogP contribution in [-0.4, -0.2) is 21.0 Å². The fraction of sp³-hybridized carbons (Fsp3) is 0.105. The second kappa shape index (κ2) is 7.00. The van der Waals surface area contributed by atoms with E-state index in [0.717, 1.165) is 17.1 Å². The van der Waals surface area contributed by atoms with Gasteiger partial charge in [-0.2, -0.15) is 4.98 Å². The van der Waals surface area contributed by atoms with Crippen LogP contribution >= 0.6 is 0 Å². The minimum Gasteiger partial charge on any atom is -0.478 e. The molecule has 1 aromatic heterocycles. The number of hydrogen-bond acceptors (Lipinski definition) is 5. The van der Waals surface area contributed by atoms with Crippen LogP contribution in [-0.2, 0) is 0 Å². The summed E-state index contributed by atoms with van der Waals surface area (Å²) >= 11 is 0. The summed E-state index contributed by atoms with van der Waals surface area (Å²) in [5, 5.41) is 15.3. The molecule has 6 heteroatoms. The highest BCUT2D eigenvalue weighted by Crippen LogP contribution is 2.20. The molecule has 3 aromatic rings. The van der Waals surface area contributed by atoms with Gasteiger partial charge in [0.25, 0.3) is 0 Å². The zero-order chi connectivity index (χ0) is 17.8. The largest absolute Gasteiger partial charge is 0.478 e. The number of carboxylic acids is 1. The number of carboxylic acid groups (broad SMARTS) is 1. The number of benzene rings is 2. The third-order valence-corrected chi connectivity index (χ3v) is 3.57. The first kappa shape index (κ1) is 16.4. The number of aromatic nitrogens is 2. The highest BCUT2D eigenvalue weighted by Gasteiger charge is 2.05. The van der Waals surface area contributed by atoms with E-state index in [1.165, 1.54) is 5.56 Å². The summed E-state index contributed by atoms with van der Waals surface area (Å²) in [5.74, 6) is 0.174. The fourth-order valence-corrected chi connectivity index (χ4v) is 2.30. The molecular formula is C19H18N4O2. The van der Waals surface area contributed by atoms with Crippen molar-refractivity contribution in [2.24, 2.45) is 0 Å². The van der Waals surface area contributed by atoms with Gasteiger partial charge in [0.1, 0.15) is 5.82 Å². The molecule has 3 N–H and O–H groups in total. The van der Waals surface area contributed by atoms with Gasteiger partial charge in [0.05, 0.1) is 5.56 Å². The number of nitrogens with one attached hydrogen (secondary N) is 2. The molecule has 0 radical (unpaired) electrons. The molecule has 0 amide bonds. The topological polar surface area (TPSA) is 87.1 Å². The van der Waals surface area contributed by atoms with Crippen LogP contribution in [0.1, 0.15) is 21.6 Å². The predicted octanol–water partition coefficient (Wildman–Crippen LogP) is 4.28. The molecule has 0 aliphatic carbocycles. The standard InChI is InChI=1S/C19H18N4O2/c1-12-3-7-16(8-4-12)22-19-20-13(2)11-17(23-19)21-15-9-5-14(6-10-15)18(24)25/h3-11H,1-2H3,(H,24,25)(H2,20,21,22,23). The maximum absolute atomic E-state index is 10.9. The minimum atomic E-state index is -0.950. The van der Waals surface area contributed by atoms with Gasteiger partial charge in [-0.05, 0) is 50.2 Å². The van der Waals surface area contributed by atoms with Crippen molar-refractivity contribution in [1.82, 2.24) is 9.97 Å². The quantitative estimate of drug-likeness (QED) is 0.645. The zero-order valence-electron chi connectivity index (χ0n) is 13.9. The number of aryl methyl sites for hydroxylation is 2. The molecule has 0 saturated carbocycles. The molecule has 25 heavy (non-hydrogen) atoms. The van der Waals surface area contributed by atoms with Gasteiger partial charge >= 0.3 is 5.97 Å². The third kappa shape index (κ3) is 4.32. The Labute approximate surface area is 145 Å². The van der Waals surface area contributed by atoms with Crippen molar-refractivity contribution in [3.8, 4) is 0 Å². The molecule has 1 heterocycles. The van der Waals surface area contributed by atoms with Gasteiger partial charge in [0, 0.05) is 23.1 Å². The molecule has 2 aromatic carbocycles. The summed E-state index contributed by atoms with van der Waals surface area (Å²) in [6, 6.07) is 16.3. The average Bonchev–Trinajstić information content (AvgIpc) is 2.57. The van der Waals surface area contributed by atoms with Gasteiger partial charge in [0.15, 0.2) is 0 Å². The fourth-order valence-electron chi connectivity index (χ4n) is 2.30. The molecule has 3 rings (SSSR count). The predicted molar refractivity (Wildman–Crippen MR) is 97.9 cm³/mol. The molecule has 0 spiro atoms. The van der Waals surface area contributed by atoms with Crippen LogP contribution in [0.4, 0.5) is 23.1 Å². The van der Waals surface area contributed by atoms with Crippen molar-refractivity contribution in [3.05, 3.63) is 71.4 Å². The normalized spacial score (nSPS) is 10.3. The Bertz CT molecular complexity index is 890. The summed E-state index contributed by atoms with van der Waals surface area (Å²) in [6.45, 7) is 3.92. The Kier molecular flexibility index (Phi) is 4.61. The van der Waals surface area contributed by atoms with E-state index in [4.69, 9.17) is 5.11 Å². The third-order valence-electron chi connectivity index (χ3n) is 3.57. The number of rotatable bonds is 5. The van der Waals surface area contributed by atoms with Crippen LogP contribution in [0, 0.1) is 13.8 Å². The second-order valence-corrected chi connectivity index (χ2v) is 5.72. The van der Waals surface area contributed by atoms with E-state index in [-0.39, 0.29) is 5.56 Å². The Morgan fingerprint density at radius 3 is 2.12 bits per heavy atom. The minimum absolute atomic E-state index is 0.242. The first-order chi connectivity index (χ1) is 12.0. The zero-order valence-corrected chi connectivity index (χ0v) is 13.9. The molecule has 0 unspecified atom stereocenters. The molecular weight excluding hydrogens is 316 g/mol. The number of nitrogens with zero attached hydrogens (tertiary/aromatic N) is 2. The lowest BCUT2D eigenvalue weighted by Gasteiger charge is -2.10. The average molecular weight is 334 g/mol. The summed E-state index contributed by atoms with van der Waals surface area (Å²) in [4.78, 5) is 19.8. The molecule has 126 valence electrons. The van der Waals surface area contributed by atoms with E-state index >= 15 is 0 Å². The van der Waals surface area contributed by atoms with Crippen LogP contribution < -0.4 is 10.6 Å². The lowest BCUT2D eigenvalue weighted by Crippen LogP contribution is -2.02. The SMILES string of the molecule is Cc1ccc(Nc2nc(C)cc(Nc3ccc(C(=O)O)cc3)n2)cc1. The van der Waals surface area contributed by atoms with Crippen molar-refractivity contribution < 1.29 is 9.90 Å². The van der Waals surface area contributed by atoms with Crippen LogP contribution in [0.2, 0.25) is 0 Å². The molecule has 0 bridgehead atoms. The van der Waals surface area contributed by atoms with Crippen LogP contribution in [0.15, 0.2) is 54.6 Å². The van der Waals surface area contributed by atoms with Crippen molar-refractivity contribution in [2.75, 3.05) is 10.6 Å². The van der Waals surface area contributed by atoms with Gasteiger partial charge in [-0.15, -0.1) is 0 Å². The summed E-state index contributed by atoms with van der Waals surface area (Å²) in [7, 11) is 0. The van der Waals surface area contributed by atoms with Crippen molar-refractivity contribution in [3.63, 3.8) is 0 Å². The first-order valence-electron chi connectivity index (χ1n) is 7.79. The number of anilines is 4. The Morgan fingerprint density at radius 1 is 0.880 bits per heavy atom. The lowest BCUT2D eigenvalue weighted by atomic mass is 10.2. The Morgan fingerprint density at radius 2 is 1.48 bits per heavy atom. The lowest BCUT2D eigenvalue weighted by molar-refractivity contribution is 0.0697. The second-order valence-electron chi connectivity index (χ2n) is 5.72. The van der Waals surface area contributed by atoms with Gasteiger partial charge in [0.2, 0.25) is 5.95 Å². The van der Waals surface area contributed by atoms with E-state index in [0.29, 0.717) is 11.8 Å². The number of carbonyl (C=O) groups is 1. The summed E-state index contributed by atoms with van der Waals surface area (Å²) < 4.78 is 0. The first-order valence-corrected chi connectivity index (χ1v) is 7.79. The Hall–Kier alpha value is -3.41. The van der Waals surface area contributed by atoms with Gasteiger partial charge in [-0.3, -0.25) is 0 Å². The van der Waals surface area contributed by atoms with Gasteiger partial charge in [-0.1, -0.05) is 17.7 Å². The Balaban J connectivity index is 1.79. The molecule has 0 aliphatic heterocycles. The number of aromatic carboxylic acids is 1. The monoisotopic (exact) mass is 334 g/mol. The highest BCUT2D eigenvalue weighted by atomic mass is 16.4. The van der Waals surface area contributed by atoms with Crippen molar-refractivity contribution in [1.29, 1.82) is 0 Å². The molecule has 0 atom stereocenters. The summed E-state index contributed by atoms with van der Waals surface area (Å²) in [5.41, 5.74) is 3.90. The smallest absolute Gasteiger partial charge is 0.335 e. The van der Waals surface area contributed by atoms with Crippen LogP contribution in [0.25, 0.3) is 0 Å². The van der Waals surface area contributed by atoms with Gasteiger partial charge in [-0.25, -0.2) is 9.78 Å². The van der Waals surface area contributed by atoms with E-state index in [9.17, 15) is 4.79 Å². The number of hydrogen-bond donors (Lipinski definition) is 3. The van der Waals surface area contributed by atoms with Crippen LogP contribution in [0.3, 0.4) is 0 Å². The highest BCUT2D eigenvalue weighted by molar-refractivity contribution is 5.88. The molecule has 0 aliphatic rings. The van der Waals surface area contributed by atoms with Crippen molar-refractivity contribution >= 4 is 29.1 Å². The van der Waals surface area contributed by atoms with E-state index in [1.807, 2.05) is 44.2 Å². The van der Waals surface area contributed by atoms with Crippen molar-refractivity contribution in [2.45, 2.75) is 13.8 Å². The van der Waals surface area contributed by atoms with E-state index < -0.39 is 5.97 Å². The van der Waals surface area contributed by atoms with E-state index in [1.54, 1.807) is 24.3 Å². The maximum Gasteiger partial charge on any atom is 0.335 e. The maximum atomic E-state index is 10.9. The molecule has 6 nitrogen and oxygen atoms in total. The summed E-state index contributed by atoms with van der Waals surface area (Å²) in [6.07, 6.45) is 0. The van der Waals surface area contributed by atoms with Crippen LogP contribution in [0.5, 0.6) is 0 Å². The molecule has 0 saturated heterocycles. The molecule has 0 fully saturated rings. The van der Waals surface area contributed by atoms with Gasteiger partial charge < -0.3 is 15.7 Å². The van der Waals surface area contributed by atoms with E-state index in [2.05, 4.69) is 20.6 Å².